The second-order valence-electron chi connectivity index (χ2n) is 18.8. The van der Waals surface area contributed by atoms with E-state index in [0.29, 0.717) is 17.4 Å². The highest BCUT2D eigenvalue weighted by molar-refractivity contribution is 5.70. The fourth-order valence-electron chi connectivity index (χ4n) is 7.00. The highest BCUT2D eigenvalue weighted by atomic mass is 16.7. The number of esters is 2. The fourth-order valence-corrected chi connectivity index (χ4v) is 7.00. The molecular weight excluding hydrogens is 839 g/mol. The predicted octanol–water partition coefficient (Wildman–Crippen LogP) is 13.9. The molecule has 0 amide bonds. The highest BCUT2D eigenvalue weighted by Crippen LogP contribution is 2.15. The van der Waals surface area contributed by atoms with Crippen LogP contribution in [0.4, 0.5) is 0 Å². The second-order valence-corrected chi connectivity index (χ2v) is 18.8. The molecule has 0 heterocycles. The second kappa shape index (κ2) is 48.9. The van der Waals surface area contributed by atoms with Crippen LogP contribution in [0.25, 0.3) is 0 Å². The molecule has 0 aliphatic heterocycles. The Morgan fingerprint density at radius 3 is 1.27 bits per heavy atom. The average molecular weight is 938 g/mol. The summed E-state index contributed by atoms with van der Waals surface area (Å²) in [4.78, 5) is 37.2. The van der Waals surface area contributed by atoms with Crippen LogP contribution in [-0.4, -0.2) is 82.3 Å². The van der Waals surface area contributed by atoms with Gasteiger partial charge in [0.05, 0.1) is 40.3 Å². The molecule has 0 aromatic rings. The SMILES string of the molecule is CC/C=C\C/C=C\C/C=C\C/C=C\C/C=C\CCCCCCCCCCCCCC(=O)OC(COC(=O)CCCCCCC/C=C\C/C=C\CCCCC)COC(OCC[N+](C)(C)C)C(=O)[O-]. The monoisotopic (exact) mass is 938 g/mol. The number of aliphatic carboxylic acids is 1. The summed E-state index contributed by atoms with van der Waals surface area (Å²) in [6.45, 7) is 4.58. The Bertz CT molecular complexity index is 1370. The summed E-state index contributed by atoms with van der Waals surface area (Å²) in [5.41, 5.74) is 0. The number of carbonyl (C=O) groups is 3. The molecule has 67 heavy (non-hydrogen) atoms. The molecule has 0 saturated carbocycles. The van der Waals surface area contributed by atoms with Crippen molar-refractivity contribution in [3.8, 4) is 0 Å². The van der Waals surface area contributed by atoms with Crippen molar-refractivity contribution in [2.24, 2.45) is 0 Å². The van der Waals surface area contributed by atoms with Crippen molar-refractivity contribution in [3.05, 3.63) is 85.1 Å². The van der Waals surface area contributed by atoms with Crippen LogP contribution < -0.4 is 5.11 Å². The molecular formula is C58H99NO8. The molecule has 0 aromatic heterocycles. The molecule has 0 spiro atoms. The lowest BCUT2D eigenvalue weighted by atomic mass is 10.0. The van der Waals surface area contributed by atoms with Crippen molar-refractivity contribution >= 4 is 17.9 Å². The molecule has 0 aromatic carbocycles. The van der Waals surface area contributed by atoms with Crippen molar-refractivity contribution in [3.63, 3.8) is 0 Å². The number of hydrogen-bond acceptors (Lipinski definition) is 8. The van der Waals surface area contributed by atoms with Gasteiger partial charge < -0.3 is 33.3 Å². The lowest BCUT2D eigenvalue weighted by molar-refractivity contribution is -0.870. The van der Waals surface area contributed by atoms with Crippen LogP contribution >= 0.6 is 0 Å². The first-order valence-electron chi connectivity index (χ1n) is 26.7. The molecule has 9 heteroatoms. The van der Waals surface area contributed by atoms with Crippen LogP contribution in [0, 0.1) is 0 Å². The first kappa shape index (κ1) is 63.5. The number of hydrogen-bond donors (Lipinski definition) is 0. The van der Waals surface area contributed by atoms with Crippen molar-refractivity contribution in [2.75, 3.05) is 47.5 Å². The largest absolute Gasteiger partial charge is 0.545 e. The van der Waals surface area contributed by atoms with E-state index in [1.807, 2.05) is 21.1 Å². The normalized spacial score (nSPS) is 13.5. The summed E-state index contributed by atoms with van der Waals surface area (Å²) < 4.78 is 22.6. The quantitative estimate of drug-likeness (QED) is 0.0195. The van der Waals surface area contributed by atoms with Gasteiger partial charge in [0.1, 0.15) is 13.2 Å². The van der Waals surface area contributed by atoms with E-state index in [1.54, 1.807) is 0 Å². The minimum atomic E-state index is -1.63. The molecule has 2 unspecified atom stereocenters. The number of nitrogens with zero attached hydrogens (tertiary/aromatic N) is 1. The summed E-state index contributed by atoms with van der Waals surface area (Å²) in [6, 6.07) is 0. The standard InChI is InChI=1S/C58H99NO8/c1-6-8-10-12-14-16-18-20-22-23-24-25-26-27-28-29-30-31-32-33-35-37-39-41-43-45-47-49-56(61)67-54(53-66-58(57(62)63)64-51-50-59(3,4)5)52-65-55(60)48-46-44-42-40-38-36-34-21-19-17-15-13-11-9-7-2/h8,10,14-17,20-22,24-25,27-28,34,54,58H,6-7,9,11-13,18-19,23,26,29-33,35-53H2,1-5H3/b10-8-,16-14-,17-15-,22-20-,25-24-,28-27-,34-21-. The third-order valence-corrected chi connectivity index (χ3v) is 11.1. The van der Waals surface area contributed by atoms with Gasteiger partial charge in [0.2, 0.25) is 0 Å². The highest BCUT2D eigenvalue weighted by Gasteiger charge is 2.22. The zero-order chi connectivity index (χ0) is 49.2. The fraction of sp³-hybridized carbons (Fsp3) is 0.707. The van der Waals surface area contributed by atoms with Crippen LogP contribution in [0.1, 0.15) is 206 Å². The lowest BCUT2D eigenvalue weighted by Crippen LogP contribution is -2.44. The molecule has 0 N–H and O–H groups in total. The first-order valence-corrected chi connectivity index (χ1v) is 26.7. The van der Waals surface area contributed by atoms with Gasteiger partial charge in [-0.2, -0.15) is 0 Å². The Kier molecular flexibility index (Phi) is 46.3. The van der Waals surface area contributed by atoms with Gasteiger partial charge in [-0.3, -0.25) is 9.59 Å². The Labute approximate surface area is 410 Å². The molecule has 0 saturated heterocycles. The molecule has 0 fully saturated rings. The summed E-state index contributed by atoms with van der Waals surface area (Å²) in [5.74, 6) is -2.31. The topological polar surface area (TPSA) is 111 Å². The summed E-state index contributed by atoms with van der Waals surface area (Å²) in [6.07, 6.45) is 60.5. The van der Waals surface area contributed by atoms with Crippen molar-refractivity contribution < 1.29 is 42.9 Å². The molecule has 384 valence electrons. The number of quaternary nitrogens is 1. The number of carbonyl (C=O) groups excluding carboxylic acids is 3. The molecule has 0 rings (SSSR count). The van der Waals surface area contributed by atoms with Crippen LogP contribution in [0.5, 0.6) is 0 Å². The number of carboxylic acid groups (broad SMARTS) is 1. The van der Waals surface area contributed by atoms with Gasteiger partial charge in [-0.15, -0.1) is 0 Å². The Balaban J connectivity index is 4.29. The molecule has 0 aliphatic rings. The van der Waals surface area contributed by atoms with Crippen LogP contribution in [0.15, 0.2) is 85.1 Å². The van der Waals surface area contributed by atoms with Crippen molar-refractivity contribution in [1.82, 2.24) is 0 Å². The van der Waals surface area contributed by atoms with E-state index < -0.39 is 24.3 Å². The van der Waals surface area contributed by atoms with Crippen molar-refractivity contribution in [1.29, 1.82) is 0 Å². The van der Waals surface area contributed by atoms with E-state index in [2.05, 4.69) is 98.9 Å². The maximum Gasteiger partial charge on any atom is 0.306 e. The van der Waals surface area contributed by atoms with Gasteiger partial charge >= 0.3 is 11.9 Å². The summed E-state index contributed by atoms with van der Waals surface area (Å²) in [7, 11) is 5.91. The van der Waals surface area contributed by atoms with E-state index in [9.17, 15) is 19.5 Å². The van der Waals surface area contributed by atoms with E-state index in [4.69, 9.17) is 18.9 Å². The molecule has 0 bridgehead atoms. The van der Waals surface area contributed by atoms with Gasteiger partial charge in [0.15, 0.2) is 12.4 Å². The average Bonchev–Trinajstić information content (AvgIpc) is 3.29. The van der Waals surface area contributed by atoms with E-state index in [0.717, 1.165) is 103 Å². The smallest absolute Gasteiger partial charge is 0.306 e. The third-order valence-electron chi connectivity index (χ3n) is 11.1. The molecule has 0 radical (unpaired) electrons. The van der Waals surface area contributed by atoms with Crippen molar-refractivity contribution in [2.45, 2.75) is 219 Å². The van der Waals surface area contributed by atoms with Gasteiger partial charge in [0, 0.05) is 12.8 Å². The molecule has 2 atom stereocenters. The Morgan fingerprint density at radius 1 is 0.463 bits per heavy atom. The number of carboxylic acids is 1. The van der Waals surface area contributed by atoms with Crippen LogP contribution in [-0.2, 0) is 33.3 Å². The van der Waals surface area contributed by atoms with Gasteiger partial charge in [-0.1, -0.05) is 189 Å². The van der Waals surface area contributed by atoms with Gasteiger partial charge in [-0.25, -0.2) is 0 Å². The van der Waals surface area contributed by atoms with E-state index >= 15 is 0 Å². The number of likely N-dealkylation sites (N-methyl/N-ethyl adjacent to an activating group) is 1. The maximum absolute atomic E-state index is 12.8. The van der Waals surface area contributed by atoms with E-state index in [1.165, 1.54) is 70.6 Å². The minimum Gasteiger partial charge on any atom is -0.545 e. The molecule has 0 aliphatic carbocycles. The van der Waals surface area contributed by atoms with E-state index in [-0.39, 0.29) is 38.6 Å². The number of unbranched alkanes of at least 4 members (excludes halogenated alkanes) is 19. The third kappa shape index (κ3) is 50.2. The summed E-state index contributed by atoms with van der Waals surface area (Å²) >= 11 is 0. The Morgan fingerprint density at radius 2 is 0.851 bits per heavy atom. The van der Waals surface area contributed by atoms with Gasteiger partial charge in [0.25, 0.3) is 0 Å². The number of rotatable bonds is 48. The zero-order valence-corrected chi connectivity index (χ0v) is 43.5. The van der Waals surface area contributed by atoms with Crippen LogP contribution in [0.3, 0.4) is 0 Å². The minimum absolute atomic E-state index is 0.141. The maximum atomic E-state index is 12.8. The van der Waals surface area contributed by atoms with Gasteiger partial charge in [-0.05, 0) is 89.9 Å². The van der Waals surface area contributed by atoms with Crippen LogP contribution in [0.2, 0.25) is 0 Å². The first-order chi connectivity index (χ1) is 32.6. The predicted molar refractivity (Wildman–Crippen MR) is 278 cm³/mol. The Hall–Kier alpha value is -3.53. The number of allylic oxidation sites excluding steroid dienone is 14. The summed E-state index contributed by atoms with van der Waals surface area (Å²) in [5, 5.41) is 11.7. The number of ether oxygens (including phenoxy) is 4. The zero-order valence-electron chi connectivity index (χ0n) is 43.5. The lowest BCUT2D eigenvalue weighted by Gasteiger charge is -2.26. The molecule has 9 nitrogen and oxygen atoms in total.